The predicted octanol–water partition coefficient (Wildman–Crippen LogP) is 1.40. The van der Waals surface area contributed by atoms with Gasteiger partial charge >= 0.3 is 0 Å². The third-order valence-electron chi connectivity index (χ3n) is 2.48. The van der Waals surface area contributed by atoms with Crippen molar-refractivity contribution in [1.82, 2.24) is 9.88 Å². The summed E-state index contributed by atoms with van der Waals surface area (Å²) in [4.78, 5) is 22.9. The summed E-state index contributed by atoms with van der Waals surface area (Å²) in [5.74, 6) is -0.163. The predicted molar refractivity (Wildman–Crippen MR) is 63.6 cm³/mol. The molecule has 1 heterocycles. The molecule has 0 aliphatic carbocycles. The molecule has 1 N–H and O–H groups in total. The second-order valence-corrected chi connectivity index (χ2v) is 3.74. The second-order valence-electron chi connectivity index (χ2n) is 3.74. The van der Waals surface area contributed by atoms with Crippen LogP contribution in [0, 0.1) is 0 Å². The van der Waals surface area contributed by atoms with Gasteiger partial charge in [-0.2, -0.15) is 0 Å². The number of nitrogens with one attached hydrogen (secondary N) is 1. The van der Waals surface area contributed by atoms with Crippen molar-refractivity contribution in [3.8, 4) is 0 Å². The normalized spacial score (nSPS) is 10.1. The molecule has 1 rings (SSSR count). The van der Waals surface area contributed by atoms with Crippen LogP contribution in [0.25, 0.3) is 0 Å². The van der Waals surface area contributed by atoms with E-state index in [2.05, 4.69) is 12.2 Å². The van der Waals surface area contributed by atoms with Crippen LogP contribution >= 0.6 is 0 Å². The quantitative estimate of drug-likeness (QED) is 0.765. The zero-order valence-electron chi connectivity index (χ0n) is 9.82. The SMILES string of the molecule is CCCCCn1cc(C(=O)NC)ccc1=O. The molecule has 0 spiro atoms. The van der Waals surface area contributed by atoms with Gasteiger partial charge < -0.3 is 9.88 Å². The highest BCUT2D eigenvalue weighted by Gasteiger charge is 2.04. The Kier molecular flexibility index (Phi) is 4.76. The molecule has 4 nitrogen and oxygen atoms in total. The lowest BCUT2D eigenvalue weighted by Gasteiger charge is -2.06. The number of carbonyl (C=O) groups excluding carboxylic acids is 1. The molecule has 0 aliphatic rings. The van der Waals surface area contributed by atoms with E-state index in [0.29, 0.717) is 12.1 Å². The fourth-order valence-electron chi connectivity index (χ4n) is 1.52. The molecule has 0 saturated carbocycles. The third-order valence-corrected chi connectivity index (χ3v) is 2.48. The maximum absolute atomic E-state index is 11.5. The van der Waals surface area contributed by atoms with Crippen LogP contribution in [0.1, 0.15) is 36.5 Å². The van der Waals surface area contributed by atoms with Gasteiger partial charge in [-0.3, -0.25) is 9.59 Å². The summed E-state index contributed by atoms with van der Waals surface area (Å²) in [6.07, 6.45) is 4.80. The molecule has 1 aromatic heterocycles. The molecule has 0 aromatic carbocycles. The number of carbonyl (C=O) groups is 1. The summed E-state index contributed by atoms with van der Waals surface area (Å²) in [7, 11) is 1.58. The topological polar surface area (TPSA) is 51.1 Å². The average molecular weight is 222 g/mol. The summed E-state index contributed by atoms with van der Waals surface area (Å²) in [6.45, 7) is 2.79. The lowest BCUT2D eigenvalue weighted by Crippen LogP contribution is -2.24. The highest BCUT2D eigenvalue weighted by Crippen LogP contribution is 1.99. The van der Waals surface area contributed by atoms with Crippen molar-refractivity contribution in [3.05, 3.63) is 34.2 Å². The van der Waals surface area contributed by atoms with E-state index in [1.807, 2.05) is 0 Å². The van der Waals surface area contributed by atoms with E-state index in [1.54, 1.807) is 23.9 Å². The second kappa shape index (κ2) is 6.10. The maximum Gasteiger partial charge on any atom is 0.252 e. The van der Waals surface area contributed by atoms with Crippen LogP contribution in [0.3, 0.4) is 0 Å². The first-order valence-corrected chi connectivity index (χ1v) is 5.61. The highest BCUT2D eigenvalue weighted by atomic mass is 16.1. The Morgan fingerprint density at radius 2 is 2.12 bits per heavy atom. The molecule has 1 aromatic rings. The Balaban J connectivity index is 2.82. The van der Waals surface area contributed by atoms with E-state index in [9.17, 15) is 9.59 Å². The van der Waals surface area contributed by atoms with Crippen LogP contribution in [0.5, 0.6) is 0 Å². The number of aromatic nitrogens is 1. The van der Waals surface area contributed by atoms with Crippen molar-refractivity contribution in [3.63, 3.8) is 0 Å². The number of unbranched alkanes of at least 4 members (excludes halogenated alkanes) is 2. The van der Waals surface area contributed by atoms with Gasteiger partial charge in [0.05, 0.1) is 5.56 Å². The Hall–Kier alpha value is -1.58. The van der Waals surface area contributed by atoms with Crippen molar-refractivity contribution in [1.29, 1.82) is 0 Å². The monoisotopic (exact) mass is 222 g/mol. The van der Waals surface area contributed by atoms with Crippen molar-refractivity contribution < 1.29 is 4.79 Å². The molecule has 0 unspecified atom stereocenters. The molecule has 0 bridgehead atoms. The lowest BCUT2D eigenvalue weighted by molar-refractivity contribution is 0.0962. The first-order valence-electron chi connectivity index (χ1n) is 5.61. The number of pyridine rings is 1. The van der Waals surface area contributed by atoms with Crippen molar-refractivity contribution >= 4 is 5.91 Å². The molecule has 88 valence electrons. The van der Waals surface area contributed by atoms with Crippen LogP contribution in [0.4, 0.5) is 0 Å². The first-order chi connectivity index (χ1) is 7.69. The molecular formula is C12H18N2O2. The van der Waals surface area contributed by atoms with Gasteiger partial charge in [0, 0.05) is 25.9 Å². The molecule has 0 fully saturated rings. The Morgan fingerprint density at radius 3 is 2.75 bits per heavy atom. The van der Waals surface area contributed by atoms with Gasteiger partial charge in [-0.15, -0.1) is 0 Å². The molecule has 16 heavy (non-hydrogen) atoms. The van der Waals surface area contributed by atoms with Crippen LogP contribution in [-0.4, -0.2) is 17.5 Å². The standard InChI is InChI=1S/C12H18N2O2/c1-3-4-5-8-14-9-10(12(16)13-2)6-7-11(14)15/h6-7,9H,3-5,8H2,1-2H3,(H,13,16). The minimum Gasteiger partial charge on any atom is -0.355 e. The molecule has 0 atom stereocenters. The number of aryl methyl sites for hydroxylation is 1. The summed E-state index contributed by atoms with van der Waals surface area (Å²) >= 11 is 0. The minimum atomic E-state index is -0.163. The molecule has 0 aliphatic heterocycles. The minimum absolute atomic E-state index is 0.0521. The van der Waals surface area contributed by atoms with E-state index in [-0.39, 0.29) is 11.5 Å². The number of amides is 1. The van der Waals surface area contributed by atoms with Crippen LogP contribution in [0.15, 0.2) is 23.1 Å². The van der Waals surface area contributed by atoms with Gasteiger partial charge in [-0.25, -0.2) is 0 Å². The van der Waals surface area contributed by atoms with E-state index in [0.717, 1.165) is 19.3 Å². The first kappa shape index (κ1) is 12.5. The van der Waals surface area contributed by atoms with Crippen molar-refractivity contribution in [2.24, 2.45) is 0 Å². The zero-order chi connectivity index (χ0) is 12.0. The summed E-state index contributed by atoms with van der Waals surface area (Å²) in [6, 6.07) is 2.99. The Morgan fingerprint density at radius 1 is 1.38 bits per heavy atom. The smallest absolute Gasteiger partial charge is 0.252 e. The number of hydrogen-bond acceptors (Lipinski definition) is 2. The van der Waals surface area contributed by atoms with Crippen LogP contribution in [0.2, 0.25) is 0 Å². The van der Waals surface area contributed by atoms with Crippen LogP contribution in [-0.2, 0) is 6.54 Å². The average Bonchev–Trinajstić information content (AvgIpc) is 2.31. The summed E-state index contributed by atoms with van der Waals surface area (Å²) in [5, 5.41) is 2.54. The Labute approximate surface area is 95.3 Å². The van der Waals surface area contributed by atoms with E-state index < -0.39 is 0 Å². The third kappa shape index (κ3) is 3.22. The number of nitrogens with zero attached hydrogens (tertiary/aromatic N) is 1. The van der Waals surface area contributed by atoms with Gasteiger partial charge in [0.2, 0.25) is 0 Å². The van der Waals surface area contributed by atoms with E-state index in [4.69, 9.17) is 0 Å². The molecule has 0 saturated heterocycles. The van der Waals surface area contributed by atoms with E-state index >= 15 is 0 Å². The van der Waals surface area contributed by atoms with Gasteiger partial charge in [0.1, 0.15) is 0 Å². The maximum atomic E-state index is 11.5. The lowest BCUT2D eigenvalue weighted by atomic mass is 10.2. The van der Waals surface area contributed by atoms with Gasteiger partial charge in [-0.05, 0) is 12.5 Å². The van der Waals surface area contributed by atoms with Gasteiger partial charge in [0.25, 0.3) is 11.5 Å². The van der Waals surface area contributed by atoms with Gasteiger partial charge in [0.15, 0.2) is 0 Å². The number of hydrogen-bond donors (Lipinski definition) is 1. The molecule has 1 amide bonds. The zero-order valence-corrected chi connectivity index (χ0v) is 9.82. The van der Waals surface area contributed by atoms with E-state index in [1.165, 1.54) is 6.07 Å². The number of rotatable bonds is 5. The molecular weight excluding hydrogens is 204 g/mol. The summed E-state index contributed by atoms with van der Waals surface area (Å²) in [5.41, 5.74) is 0.474. The van der Waals surface area contributed by atoms with Crippen molar-refractivity contribution in [2.75, 3.05) is 7.05 Å². The largest absolute Gasteiger partial charge is 0.355 e. The molecule has 0 radical (unpaired) electrons. The fraction of sp³-hybridized carbons (Fsp3) is 0.500. The van der Waals surface area contributed by atoms with Crippen molar-refractivity contribution in [2.45, 2.75) is 32.7 Å². The Bertz CT molecular complexity index is 410. The summed E-state index contributed by atoms with van der Waals surface area (Å²) < 4.78 is 1.60. The molecule has 4 heteroatoms. The fourth-order valence-corrected chi connectivity index (χ4v) is 1.52. The van der Waals surface area contributed by atoms with Crippen LogP contribution < -0.4 is 10.9 Å². The van der Waals surface area contributed by atoms with Gasteiger partial charge in [-0.1, -0.05) is 19.8 Å². The highest BCUT2D eigenvalue weighted by molar-refractivity contribution is 5.93.